The maximum absolute atomic E-state index is 12.8. The standard InChI is InChI=1S/C26H20O4/c1-16-22(30-26(28)20-11-12-20)14-13-21-24(27)23(29-25(16)21)15-17-7-9-19(10-8-17)18-5-3-2-4-6-18/h2-10,13-15,20H,11-12H2,1H3/b23-15-. The molecule has 2 aliphatic rings. The van der Waals surface area contributed by atoms with Crippen LogP contribution < -0.4 is 9.47 Å². The largest absolute Gasteiger partial charge is 0.452 e. The van der Waals surface area contributed by atoms with E-state index in [1.54, 1.807) is 25.1 Å². The van der Waals surface area contributed by atoms with Gasteiger partial charge in [-0.15, -0.1) is 0 Å². The Labute approximate surface area is 174 Å². The summed E-state index contributed by atoms with van der Waals surface area (Å²) in [6.45, 7) is 1.80. The number of esters is 1. The Hall–Kier alpha value is -3.66. The summed E-state index contributed by atoms with van der Waals surface area (Å²) < 4.78 is 11.4. The Morgan fingerprint density at radius 3 is 2.37 bits per heavy atom. The third-order valence-electron chi connectivity index (χ3n) is 5.47. The van der Waals surface area contributed by atoms with Crippen LogP contribution in [0, 0.1) is 12.8 Å². The molecule has 1 heterocycles. The predicted octanol–water partition coefficient (Wildman–Crippen LogP) is 5.59. The molecule has 1 aliphatic carbocycles. The van der Waals surface area contributed by atoms with Gasteiger partial charge in [-0.05, 0) is 54.7 Å². The average Bonchev–Trinajstić information content (AvgIpc) is 3.58. The summed E-state index contributed by atoms with van der Waals surface area (Å²) >= 11 is 0. The molecule has 1 fully saturated rings. The van der Waals surface area contributed by atoms with Crippen LogP contribution in [0.3, 0.4) is 0 Å². The van der Waals surface area contributed by atoms with Gasteiger partial charge in [0.15, 0.2) is 5.76 Å². The molecule has 30 heavy (non-hydrogen) atoms. The third kappa shape index (κ3) is 3.41. The molecular weight excluding hydrogens is 376 g/mol. The first-order valence-corrected chi connectivity index (χ1v) is 10.1. The van der Waals surface area contributed by atoms with E-state index in [4.69, 9.17) is 9.47 Å². The van der Waals surface area contributed by atoms with Crippen LogP contribution in [0.25, 0.3) is 17.2 Å². The van der Waals surface area contributed by atoms with Crippen molar-refractivity contribution in [3.8, 4) is 22.6 Å². The normalized spacial score (nSPS) is 16.3. The number of carbonyl (C=O) groups excluding carboxylic acids is 2. The van der Waals surface area contributed by atoms with Gasteiger partial charge in [0.1, 0.15) is 11.5 Å². The van der Waals surface area contributed by atoms with Crippen LogP contribution >= 0.6 is 0 Å². The zero-order valence-corrected chi connectivity index (χ0v) is 16.6. The van der Waals surface area contributed by atoms with Crippen molar-refractivity contribution in [3.05, 3.63) is 89.2 Å². The molecule has 3 aromatic rings. The molecule has 4 nitrogen and oxygen atoms in total. The van der Waals surface area contributed by atoms with E-state index < -0.39 is 0 Å². The fourth-order valence-corrected chi connectivity index (χ4v) is 3.54. The second-order valence-electron chi connectivity index (χ2n) is 7.69. The van der Waals surface area contributed by atoms with E-state index in [1.165, 1.54) is 0 Å². The van der Waals surface area contributed by atoms with Crippen molar-refractivity contribution >= 4 is 17.8 Å². The van der Waals surface area contributed by atoms with Crippen LogP contribution in [0.1, 0.15) is 34.3 Å². The lowest BCUT2D eigenvalue weighted by atomic mass is 10.0. The maximum Gasteiger partial charge on any atom is 0.314 e. The van der Waals surface area contributed by atoms with E-state index in [-0.39, 0.29) is 23.4 Å². The Morgan fingerprint density at radius 1 is 0.967 bits per heavy atom. The van der Waals surface area contributed by atoms with Crippen LogP contribution in [0.15, 0.2) is 72.5 Å². The van der Waals surface area contributed by atoms with E-state index >= 15 is 0 Å². The zero-order chi connectivity index (χ0) is 20.7. The molecule has 3 aromatic carbocycles. The van der Waals surface area contributed by atoms with Crippen molar-refractivity contribution in [1.29, 1.82) is 0 Å². The number of fused-ring (bicyclic) bond motifs is 1. The van der Waals surface area contributed by atoms with E-state index in [1.807, 2.05) is 42.5 Å². The first-order valence-electron chi connectivity index (χ1n) is 10.1. The summed E-state index contributed by atoms with van der Waals surface area (Å²) in [6.07, 6.45) is 3.51. The predicted molar refractivity (Wildman–Crippen MR) is 114 cm³/mol. The molecular formula is C26H20O4. The van der Waals surface area contributed by atoms with Gasteiger partial charge in [-0.1, -0.05) is 54.6 Å². The quantitative estimate of drug-likeness (QED) is 0.328. The highest BCUT2D eigenvalue weighted by Gasteiger charge is 2.34. The SMILES string of the molecule is Cc1c(OC(=O)C2CC2)ccc2c1O/C(=C\c1ccc(-c3ccccc3)cc1)C2=O. The van der Waals surface area contributed by atoms with Crippen molar-refractivity contribution in [1.82, 2.24) is 0 Å². The monoisotopic (exact) mass is 396 g/mol. The molecule has 0 atom stereocenters. The first-order chi connectivity index (χ1) is 14.6. The number of benzene rings is 3. The molecule has 0 saturated heterocycles. The fourth-order valence-electron chi connectivity index (χ4n) is 3.54. The second kappa shape index (κ2) is 7.30. The highest BCUT2D eigenvalue weighted by atomic mass is 16.5. The van der Waals surface area contributed by atoms with Crippen molar-refractivity contribution < 1.29 is 19.1 Å². The molecule has 0 amide bonds. The summed E-state index contributed by atoms with van der Waals surface area (Å²) in [5.74, 6) is 0.817. The topological polar surface area (TPSA) is 52.6 Å². The van der Waals surface area contributed by atoms with Gasteiger partial charge in [0.25, 0.3) is 0 Å². The lowest BCUT2D eigenvalue weighted by Crippen LogP contribution is -2.10. The number of carbonyl (C=O) groups is 2. The number of ketones is 1. The first kappa shape index (κ1) is 18.4. The van der Waals surface area contributed by atoms with Crippen LogP contribution in [0.5, 0.6) is 11.5 Å². The summed E-state index contributed by atoms with van der Waals surface area (Å²) in [5, 5.41) is 0. The Morgan fingerprint density at radius 2 is 1.67 bits per heavy atom. The van der Waals surface area contributed by atoms with E-state index in [2.05, 4.69) is 12.1 Å². The maximum atomic E-state index is 12.8. The molecule has 148 valence electrons. The van der Waals surface area contributed by atoms with Crippen LogP contribution in [-0.4, -0.2) is 11.8 Å². The lowest BCUT2D eigenvalue weighted by molar-refractivity contribution is -0.135. The van der Waals surface area contributed by atoms with Crippen LogP contribution in [0.2, 0.25) is 0 Å². The minimum atomic E-state index is -0.211. The van der Waals surface area contributed by atoms with Crippen LogP contribution in [0.4, 0.5) is 0 Å². The number of allylic oxidation sites excluding steroid dienone is 1. The lowest BCUT2D eigenvalue weighted by Gasteiger charge is -2.09. The summed E-state index contributed by atoms with van der Waals surface area (Å²) in [6, 6.07) is 21.4. The summed E-state index contributed by atoms with van der Waals surface area (Å²) in [4.78, 5) is 24.8. The highest BCUT2D eigenvalue weighted by Crippen LogP contribution is 2.40. The Kier molecular flexibility index (Phi) is 4.47. The van der Waals surface area contributed by atoms with E-state index in [0.29, 0.717) is 22.6 Å². The Bertz CT molecular complexity index is 1170. The van der Waals surface area contributed by atoms with Crippen molar-refractivity contribution in [3.63, 3.8) is 0 Å². The smallest absolute Gasteiger partial charge is 0.314 e. The number of ether oxygens (including phenoxy) is 2. The number of Topliss-reactive ketones (excluding diaryl/α,β-unsaturated/α-hetero) is 1. The van der Waals surface area contributed by atoms with E-state index in [9.17, 15) is 9.59 Å². The highest BCUT2D eigenvalue weighted by molar-refractivity contribution is 6.15. The average molecular weight is 396 g/mol. The molecule has 0 spiro atoms. The number of hydrogen-bond acceptors (Lipinski definition) is 4. The van der Waals surface area contributed by atoms with Crippen LogP contribution in [-0.2, 0) is 4.79 Å². The molecule has 0 aromatic heterocycles. The third-order valence-corrected chi connectivity index (χ3v) is 5.47. The van der Waals surface area contributed by atoms with Gasteiger partial charge in [0.05, 0.1) is 11.5 Å². The molecule has 4 heteroatoms. The van der Waals surface area contributed by atoms with Gasteiger partial charge in [-0.3, -0.25) is 9.59 Å². The number of hydrogen-bond donors (Lipinski definition) is 0. The second-order valence-corrected chi connectivity index (χ2v) is 7.69. The van der Waals surface area contributed by atoms with Gasteiger partial charge in [-0.25, -0.2) is 0 Å². The summed E-state index contributed by atoms with van der Waals surface area (Å²) in [5.41, 5.74) is 4.28. The molecule has 5 rings (SSSR count). The van der Waals surface area contributed by atoms with Gasteiger partial charge < -0.3 is 9.47 Å². The van der Waals surface area contributed by atoms with Gasteiger partial charge in [0, 0.05) is 5.56 Å². The Balaban J connectivity index is 1.39. The minimum absolute atomic E-state index is 0.00881. The fraction of sp³-hybridized carbons (Fsp3) is 0.154. The minimum Gasteiger partial charge on any atom is -0.452 e. The van der Waals surface area contributed by atoms with Gasteiger partial charge >= 0.3 is 5.97 Å². The molecule has 0 N–H and O–H groups in total. The molecule has 0 radical (unpaired) electrons. The summed E-state index contributed by atoms with van der Waals surface area (Å²) in [7, 11) is 0. The molecule has 1 saturated carbocycles. The van der Waals surface area contributed by atoms with Gasteiger partial charge in [-0.2, -0.15) is 0 Å². The molecule has 0 unspecified atom stereocenters. The molecule has 0 bridgehead atoms. The molecule has 1 aliphatic heterocycles. The number of rotatable bonds is 4. The van der Waals surface area contributed by atoms with Gasteiger partial charge in [0.2, 0.25) is 5.78 Å². The van der Waals surface area contributed by atoms with Crippen molar-refractivity contribution in [2.75, 3.05) is 0 Å². The zero-order valence-electron chi connectivity index (χ0n) is 16.6. The van der Waals surface area contributed by atoms with Crippen molar-refractivity contribution in [2.24, 2.45) is 5.92 Å². The van der Waals surface area contributed by atoms with E-state index in [0.717, 1.165) is 29.5 Å². The van der Waals surface area contributed by atoms with Crippen molar-refractivity contribution in [2.45, 2.75) is 19.8 Å².